The number of carbonyl (C=O) groups excluding carboxylic acids is 1. The molecule has 1 heterocycles. The molecule has 0 aliphatic heterocycles. The van der Waals surface area contributed by atoms with Gasteiger partial charge in [0.1, 0.15) is 17.4 Å². The first kappa shape index (κ1) is 11.7. The highest BCUT2D eigenvalue weighted by Crippen LogP contribution is 2.25. The molecule has 88 valence electrons. The van der Waals surface area contributed by atoms with Gasteiger partial charge in [-0.3, -0.25) is 4.79 Å². The Bertz CT molecular complexity index is 543. The maximum absolute atomic E-state index is 13.4. The number of hydrogen-bond acceptors (Lipinski definition) is 3. The van der Waals surface area contributed by atoms with Crippen LogP contribution in [0.5, 0.6) is 5.75 Å². The maximum Gasteiger partial charge on any atom is 0.208 e. The minimum Gasteiger partial charge on any atom is -0.496 e. The molecular formula is C12H8F2O2S. The van der Waals surface area contributed by atoms with Crippen molar-refractivity contribution in [3.63, 3.8) is 0 Å². The third-order valence-corrected chi connectivity index (χ3v) is 3.13. The van der Waals surface area contributed by atoms with Gasteiger partial charge in [-0.25, -0.2) is 8.78 Å². The molecule has 0 amide bonds. The van der Waals surface area contributed by atoms with E-state index in [2.05, 4.69) is 0 Å². The van der Waals surface area contributed by atoms with Crippen molar-refractivity contribution in [1.29, 1.82) is 0 Å². The van der Waals surface area contributed by atoms with Crippen LogP contribution in [0, 0.1) is 11.6 Å². The summed E-state index contributed by atoms with van der Waals surface area (Å²) in [4.78, 5) is 12.1. The zero-order chi connectivity index (χ0) is 12.4. The summed E-state index contributed by atoms with van der Waals surface area (Å²) < 4.78 is 31.7. The van der Waals surface area contributed by atoms with Crippen molar-refractivity contribution in [2.75, 3.05) is 7.11 Å². The first-order valence-electron chi connectivity index (χ1n) is 4.74. The Labute approximate surface area is 100 Å². The van der Waals surface area contributed by atoms with Gasteiger partial charge in [0, 0.05) is 11.4 Å². The molecule has 2 nitrogen and oxygen atoms in total. The van der Waals surface area contributed by atoms with Crippen LogP contribution in [0.2, 0.25) is 0 Å². The minimum atomic E-state index is -0.859. The topological polar surface area (TPSA) is 26.3 Å². The molecule has 0 N–H and O–H groups in total. The van der Waals surface area contributed by atoms with Gasteiger partial charge in [0.25, 0.3) is 0 Å². The Morgan fingerprint density at radius 1 is 1.29 bits per heavy atom. The summed E-state index contributed by atoms with van der Waals surface area (Å²) in [5, 5.41) is 1.60. The van der Waals surface area contributed by atoms with Crippen molar-refractivity contribution in [3.8, 4) is 5.75 Å². The quantitative estimate of drug-likeness (QED) is 0.786. The number of benzene rings is 1. The Morgan fingerprint density at radius 3 is 2.47 bits per heavy atom. The van der Waals surface area contributed by atoms with Crippen LogP contribution in [0.4, 0.5) is 8.78 Å². The van der Waals surface area contributed by atoms with Crippen LogP contribution < -0.4 is 4.74 Å². The standard InChI is InChI=1S/C12H8F2O2S/c1-16-7-5-10(17-6-7)12(15)11-8(13)3-2-4-9(11)14/h2-6H,1H3. The highest BCUT2D eigenvalue weighted by atomic mass is 32.1. The molecule has 1 aromatic carbocycles. The molecular weight excluding hydrogens is 246 g/mol. The monoisotopic (exact) mass is 254 g/mol. The number of thiophene rings is 1. The van der Waals surface area contributed by atoms with Gasteiger partial charge in [-0.15, -0.1) is 11.3 Å². The van der Waals surface area contributed by atoms with E-state index in [1.807, 2.05) is 0 Å². The summed E-state index contributed by atoms with van der Waals surface area (Å²) >= 11 is 1.09. The van der Waals surface area contributed by atoms with E-state index in [9.17, 15) is 13.6 Å². The Hall–Kier alpha value is -1.75. The molecule has 0 bridgehead atoms. The number of carbonyl (C=O) groups is 1. The first-order chi connectivity index (χ1) is 8.13. The maximum atomic E-state index is 13.4. The van der Waals surface area contributed by atoms with E-state index in [0.29, 0.717) is 5.75 Å². The minimum absolute atomic E-state index is 0.242. The molecule has 17 heavy (non-hydrogen) atoms. The van der Waals surface area contributed by atoms with Crippen LogP contribution in [-0.2, 0) is 0 Å². The molecule has 0 saturated carbocycles. The number of ether oxygens (including phenoxy) is 1. The van der Waals surface area contributed by atoms with Gasteiger partial charge < -0.3 is 4.74 Å². The average molecular weight is 254 g/mol. The van der Waals surface area contributed by atoms with Gasteiger partial charge in [-0.2, -0.15) is 0 Å². The molecule has 0 saturated heterocycles. The van der Waals surface area contributed by atoms with Gasteiger partial charge in [-0.1, -0.05) is 6.07 Å². The van der Waals surface area contributed by atoms with Crippen LogP contribution in [0.25, 0.3) is 0 Å². The van der Waals surface area contributed by atoms with Crippen molar-refractivity contribution in [1.82, 2.24) is 0 Å². The fourth-order valence-corrected chi connectivity index (χ4v) is 2.18. The summed E-state index contributed by atoms with van der Waals surface area (Å²) in [6, 6.07) is 4.79. The van der Waals surface area contributed by atoms with Crippen LogP contribution in [0.15, 0.2) is 29.6 Å². The predicted octanol–water partition coefficient (Wildman–Crippen LogP) is 3.27. The predicted molar refractivity (Wildman–Crippen MR) is 60.7 cm³/mol. The molecule has 0 aliphatic rings. The third-order valence-electron chi connectivity index (χ3n) is 2.22. The van der Waals surface area contributed by atoms with Crippen molar-refractivity contribution in [2.24, 2.45) is 0 Å². The lowest BCUT2D eigenvalue weighted by Crippen LogP contribution is -2.05. The highest BCUT2D eigenvalue weighted by Gasteiger charge is 2.20. The molecule has 2 rings (SSSR count). The summed E-state index contributed by atoms with van der Waals surface area (Å²) in [6.45, 7) is 0. The van der Waals surface area contributed by atoms with Crippen molar-refractivity contribution >= 4 is 17.1 Å². The number of ketones is 1. The number of methoxy groups -OCH3 is 1. The molecule has 0 aliphatic carbocycles. The zero-order valence-corrected chi connectivity index (χ0v) is 9.68. The Balaban J connectivity index is 2.43. The molecule has 1 aromatic heterocycles. The van der Waals surface area contributed by atoms with Crippen molar-refractivity contribution in [3.05, 3.63) is 51.7 Å². The van der Waals surface area contributed by atoms with E-state index in [0.717, 1.165) is 23.5 Å². The normalized spacial score (nSPS) is 10.3. The van der Waals surface area contributed by atoms with Crippen molar-refractivity contribution < 1.29 is 18.3 Å². The molecule has 0 atom stereocenters. The lowest BCUT2D eigenvalue weighted by atomic mass is 10.1. The molecule has 0 unspecified atom stereocenters. The van der Waals surface area contributed by atoms with Gasteiger partial charge in [-0.05, 0) is 12.1 Å². The van der Waals surface area contributed by atoms with Gasteiger partial charge >= 0.3 is 0 Å². The molecule has 5 heteroatoms. The fourth-order valence-electron chi connectivity index (χ4n) is 1.38. The molecule has 2 aromatic rings. The summed E-state index contributed by atoms with van der Waals surface area (Å²) in [6.07, 6.45) is 0. The second-order valence-corrected chi connectivity index (χ2v) is 4.19. The summed E-state index contributed by atoms with van der Waals surface area (Å²) in [7, 11) is 1.46. The van der Waals surface area contributed by atoms with E-state index in [4.69, 9.17) is 4.74 Å². The van der Waals surface area contributed by atoms with E-state index in [1.54, 1.807) is 5.38 Å². The van der Waals surface area contributed by atoms with E-state index in [1.165, 1.54) is 19.2 Å². The van der Waals surface area contributed by atoms with Crippen LogP contribution in [0.1, 0.15) is 15.2 Å². The largest absolute Gasteiger partial charge is 0.496 e. The van der Waals surface area contributed by atoms with E-state index < -0.39 is 23.0 Å². The van der Waals surface area contributed by atoms with Gasteiger partial charge in [0.2, 0.25) is 5.78 Å². The lowest BCUT2D eigenvalue weighted by molar-refractivity contribution is 0.103. The average Bonchev–Trinajstić information content (AvgIpc) is 2.77. The van der Waals surface area contributed by atoms with Gasteiger partial charge in [0.15, 0.2) is 0 Å². The molecule has 0 fully saturated rings. The highest BCUT2D eigenvalue weighted by molar-refractivity contribution is 7.12. The Morgan fingerprint density at radius 2 is 1.94 bits per heavy atom. The number of rotatable bonds is 3. The lowest BCUT2D eigenvalue weighted by Gasteiger charge is -2.01. The van der Waals surface area contributed by atoms with E-state index in [-0.39, 0.29) is 4.88 Å². The number of hydrogen-bond donors (Lipinski definition) is 0. The molecule has 0 spiro atoms. The molecule has 0 radical (unpaired) electrons. The zero-order valence-electron chi connectivity index (χ0n) is 8.87. The van der Waals surface area contributed by atoms with Crippen LogP contribution >= 0.6 is 11.3 Å². The van der Waals surface area contributed by atoms with Crippen LogP contribution in [0.3, 0.4) is 0 Å². The Kier molecular flexibility index (Phi) is 3.19. The second kappa shape index (κ2) is 4.63. The summed E-state index contributed by atoms with van der Waals surface area (Å²) in [5.74, 6) is -1.89. The van der Waals surface area contributed by atoms with E-state index >= 15 is 0 Å². The first-order valence-corrected chi connectivity index (χ1v) is 5.62. The van der Waals surface area contributed by atoms with Crippen LogP contribution in [-0.4, -0.2) is 12.9 Å². The smallest absolute Gasteiger partial charge is 0.208 e. The third kappa shape index (κ3) is 2.19. The van der Waals surface area contributed by atoms with Gasteiger partial charge in [0.05, 0.1) is 17.6 Å². The number of halogens is 2. The van der Waals surface area contributed by atoms with Crippen molar-refractivity contribution in [2.45, 2.75) is 0 Å². The SMILES string of the molecule is COc1csc(C(=O)c2c(F)cccc2F)c1. The second-order valence-electron chi connectivity index (χ2n) is 3.28. The summed E-state index contributed by atoms with van der Waals surface area (Å²) in [5.41, 5.74) is -0.531. The fraction of sp³-hybridized carbons (Fsp3) is 0.0833.